The molecule has 4 heteroatoms. The zero-order valence-corrected chi connectivity index (χ0v) is 10.4. The van der Waals surface area contributed by atoms with Crippen LogP contribution in [0.5, 0.6) is 0 Å². The summed E-state index contributed by atoms with van der Waals surface area (Å²) in [6.07, 6.45) is 4.44. The van der Waals surface area contributed by atoms with Crippen molar-refractivity contribution in [1.29, 1.82) is 0 Å². The summed E-state index contributed by atoms with van der Waals surface area (Å²) in [5, 5.41) is 9.19. The second kappa shape index (κ2) is 5.45. The SMILES string of the molecule is O=C(O)c1cccc(CS(=O)C2CCCC2)c1. The molecule has 0 aliphatic heterocycles. The number of rotatable bonds is 4. The molecule has 1 saturated carbocycles. The van der Waals surface area contributed by atoms with Gasteiger partial charge in [-0.05, 0) is 30.5 Å². The Bertz CT molecular complexity index is 436. The standard InChI is InChI=1S/C13H16O3S/c14-13(15)11-5-3-4-10(8-11)9-17(16)12-6-1-2-7-12/h3-5,8,12H,1-2,6-7,9H2,(H,14,15). The van der Waals surface area contributed by atoms with E-state index in [1.54, 1.807) is 18.2 Å². The van der Waals surface area contributed by atoms with E-state index in [1.807, 2.05) is 6.07 Å². The highest BCUT2D eigenvalue weighted by Crippen LogP contribution is 2.24. The van der Waals surface area contributed by atoms with E-state index in [0.717, 1.165) is 18.4 Å². The van der Waals surface area contributed by atoms with Crippen molar-refractivity contribution in [1.82, 2.24) is 0 Å². The Balaban J connectivity index is 2.05. The molecule has 0 amide bonds. The van der Waals surface area contributed by atoms with Gasteiger partial charge in [-0.15, -0.1) is 0 Å². The quantitative estimate of drug-likeness (QED) is 0.896. The highest BCUT2D eigenvalue weighted by molar-refractivity contribution is 7.84. The molecule has 0 aromatic heterocycles. The van der Waals surface area contributed by atoms with Crippen LogP contribution >= 0.6 is 0 Å². The summed E-state index contributed by atoms with van der Waals surface area (Å²) in [6.45, 7) is 0. The van der Waals surface area contributed by atoms with Gasteiger partial charge in [-0.1, -0.05) is 25.0 Å². The fourth-order valence-electron chi connectivity index (χ4n) is 2.23. The summed E-state index contributed by atoms with van der Waals surface area (Å²) in [7, 11) is -0.861. The molecule has 1 aromatic carbocycles. The van der Waals surface area contributed by atoms with E-state index >= 15 is 0 Å². The Labute approximate surface area is 103 Å². The van der Waals surface area contributed by atoms with Gasteiger partial charge in [-0.2, -0.15) is 0 Å². The number of carboxylic acids is 1. The average Bonchev–Trinajstić information content (AvgIpc) is 2.82. The fourth-order valence-corrected chi connectivity index (χ4v) is 3.83. The summed E-state index contributed by atoms with van der Waals surface area (Å²) >= 11 is 0. The molecule has 0 bridgehead atoms. The molecule has 17 heavy (non-hydrogen) atoms. The maximum absolute atomic E-state index is 12.1. The lowest BCUT2D eigenvalue weighted by Gasteiger charge is -2.09. The monoisotopic (exact) mass is 252 g/mol. The molecule has 1 aliphatic rings. The number of carboxylic acid groups (broad SMARTS) is 1. The molecular formula is C13H16O3S. The van der Waals surface area contributed by atoms with Gasteiger partial charge in [-0.25, -0.2) is 4.79 Å². The largest absolute Gasteiger partial charge is 0.478 e. The number of benzene rings is 1. The third kappa shape index (κ3) is 3.16. The molecule has 0 spiro atoms. The number of hydrogen-bond donors (Lipinski definition) is 1. The van der Waals surface area contributed by atoms with Crippen molar-refractivity contribution in [2.45, 2.75) is 36.7 Å². The van der Waals surface area contributed by atoms with Crippen molar-refractivity contribution in [2.24, 2.45) is 0 Å². The topological polar surface area (TPSA) is 54.4 Å². The molecule has 0 radical (unpaired) electrons. The third-order valence-corrected chi connectivity index (χ3v) is 4.99. The van der Waals surface area contributed by atoms with Crippen LogP contribution in [-0.2, 0) is 16.6 Å². The Hall–Kier alpha value is -1.16. The molecule has 2 rings (SSSR count). The predicted molar refractivity (Wildman–Crippen MR) is 67.5 cm³/mol. The minimum Gasteiger partial charge on any atom is -0.478 e. The molecule has 1 atom stereocenters. The lowest BCUT2D eigenvalue weighted by Crippen LogP contribution is -2.12. The van der Waals surface area contributed by atoms with Gasteiger partial charge in [0, 0.05) is 21.8 Å². The van der Waals surface area contributed by atoms with Crippen LogP contribution in [0.2, 0.25) is 0 Å². The Morgan fingerprint density at radius 2 is 2.06 bits per heavy atom. The first kappa shape index (κ1) is 12.3. The van der Waals surface area contributed by atoms with Crippen molar-refractivity contribution in [3.05, 3.63) is 35.4 Å². The minimum absolute atomic E-state index is 0.269. The normalized spacial score (nSPS) is 18.1. The predicted octanol–water partition coefficient (Wildman–Crippen LogP) is 2.58. The minimum atomic E-state index is -0.932. The first-order valence-electron chi connectivity index (χ1n) is 5.86. The van der Waals surface area contributed by atoms with Crippen LogP contribution in [0.4, 0.5) is 0 Å². The van der Waals surface area contributed by atoms with E-state index in [4.69, 9.17) is 5.11 Å². The summed E-state index contributed by atoms with van der Waals surface area (Å²) in [4.78, 5) is 10.8. The molecule has 1 fully saturated rings. The summed E-state index contributed by atoms with van der Waals surface area (Å²) in [6, 6.07) is 6.74. The molecule has 1 aromatic rings. The van der Waals surface area contributed by atoms with Crippen molar-refractivity contribution in [3.8, 4) is 0 Å². The van der Waals surface area contributed by atoms with Crippen molar-refractivity contribution in [3.63, 3.8) is 0 Å². The lowest BCUT2D eigenvalue weighted by atomic mass is 10.1. The van der Waals surface area contributed by atoms with E-state index in [2.05, 4.69) is 0 Å². The van der Waals surface area contributed by atoms with Crippen molar-refractivity contribution >= 4 is 16.8 Å². The average molecular weight is 252 g/mol. The van der Waals surface area contributed by atoms with Gasteiger partial charge >= 0.3 is 5.97 Å². The zero-order valence-electron chi connectivity index (χ0n) is 9.59. The first-order chi connectivity index (χ1) is 8.16. The van der Waals surface area contributed by atoms with E-state index in [-0.39, 0.29) is 5.56 Å². The molecule has 92 valence electrons. The van der Waals surface area contributed by atoms with Gasteiger partial charge < -0.3 is 5.11 Å². The van der Waals surface area contributed by atoms with Crippen LogP contribution < -0.4 is 0 Å². The van der Waals surface area contributed by atoms with Crippen LogP contribution in [-0.4, -0.2) is 20.5 Å². The second-order valence-electron chi connectivity index (χ2n) is 4.44. The molecular weight excluding hydrogens is 236 g/mol. The molecule has 0 saturated heterocycles. The van der Waals surface area contributed by atoms with Crippen LogP contribution in [0.15, 0.2) is 24.3 Å². The fraction of sp³-hybridized carbons (Fsp3) is 0.462. The lowest BCUT2D eigenvalue weighted by molar-refractivity contribution is 0.0697. The molecule has 3 nitrogen and oxygen atoms in total. The van der Waals surface area contributed by atoms with E-state index < -0.39 is 16.8 Å². The van der Waals surface area contributed by atoms with Gasteiger partial charge in [-0.3, -0.25) is 4.21 Å². The zero-order chi connectivity index (χ0) is 12.3. The molecule has 1 unspecified atom stereocenters. The highest BCUT2D eigenvalue weighted by atomic mass is 32.2. The Morgan fingerprint density at radius 3 is 2.71 bits per heavy atom. The summed E-state index contributed by atoms with van der Waals surface area (Å²) < 4.78 is 12.1. The van der Waals surface area contributed by atoms with Crippen LogP contribution in [0, 0.1) is 0 Å². The third-order valence-electron chi connectivity index (χ3n) is 3.16. The Kier molecular flexibility index (Phi) is 3.94. The van der Waals surface area contributed by atoms with Crippen LogP contribution in [0.1, 0.15) is 41.6 Å². The molecule has 0 heterocycles. The molecule has 1 N–H and O–H groups in total. The van der Waals surface area contributed by atoms with Gasteiger partial charge in [0.05, 0.1) is 5.56 Å². The van der Waals surface area contributed by atoms with Gasteiger partial charge in [0.15, 0.2) is 0 Å². The van der Waals surface area contributed by atoms with E-state index in [1.165, 1.54) is 12.8 Å². The van der Waals surface area contributed by atoms with Crippen molar-refractivity contribution in [2.75, 3.05) is 0 Å². The summed E-state index contributed by atoms with van der Waals surface area (Å²) in [5.41, 5.74) is 1.13. The van der Waals surface area contributed by atoms with Crippen LogP contribution in [0.25, 0.3) is 0 Å². The van der Waals surface area contributed by atoms with Crippen LogP contribution in [0.3, 0.4) is 0 Å². The van der Waals surface area contributed by atoms with Gasteiger partial charge in [0.25, 0.3) is 0 Å². The van der Waals surface area contributed by atoms with Gasteiger partial charge in [0.1, 0.15) is 0 Å². The second-order valence-corrected chi connectivity index (χ2v) is 6.15. The number of carbonyl (C=O) groups is 1. The maximum Gasteiger partial charge on any atom is 0.335 e. The van der Waals surface area contributed by atoms with Gasteiger partial charge in [0.2, 0.25) is 0 Å². The van der Waals surface area contributed by atoms with Crippen molar-refractivity contribution < 1.29 is 14.1 Å². The Morgan fingerprint density at radius 1 is 1.35 bits per heavy atom. The first-order valence-corrected chi connectivity index (χ1v) is 7.24. The smallest absolute Gasteiger partial charge is 0.335 e. The maximum atomic E-state index is 12.1. The molecule has 1 aliphatic carbocycles. The van der Waals surface area contributed by atoms with E-state index in [9.17, 15) is 9.00 Å². The highest BCUT2D eigenvalue weighted by Gasteiger charge is 2.21. The number of aromatic carboxylic acids is 1. The summed E-state index contributed by atoms with van der Waals surface area (Å²) in [5.74, 6) is -0.454. The number of hydrogen-bond acceptors (Lipinski definition) is 2. The van der Waals surface area contributed by atoms with E-state index in [0.29, 0.717) is 11.0 Å².